The molecule has 3 heterocycles. The number of pyridine rings is 2. The van der Waals surface area contributed by atoms with Gasteiger partial charge in [0.25, 0.3) is 0 Å². The quantitative estimate of drug-likeness (QED) is 0.845. The van der Waals surface area contributed by atoms with Crippen LogP contribution in [-0.2, 0) is 22.6 Å². The number of hydrogen-bond donors (Lipinski definition) is 0. The van der Waals surface area contributed by atoms with E-state index in [-0.39, 0.29) is 12.2 Å². The van der Waals surface area contributed by atoms with Crippen molar-refractivity contribution in [2.75, 3.05) is 13.2 Å². The normalized spacial score (nSPS) is 27.1. The van der Waals surface area contributed by atoms with Crippen LogP contribution in [0.15, 0.2) is 49.1 Å². The van der Waals surface area contributed by atoms with Crippen LogP contribution in [0, 0.1) is 0 Å². The molecular formula is C19H23N3O2. The van der Waals surface area contributed by atoms with Crippen molar-refractivity contribution >= 4 is 0 Å². The topological polar surface area (TPSA) is 47.5 Å². The van der Waals surface area contributed by atoms with Crippen LogP contribution in [0.4, 0.5) is 0 Å². The van der Waals surface area contributed by atoms with E-state index >= 15 is 0 Å². The fourth-order valence-electron chi connectivity index (χ4n) is 3.78. The summed E-state index contributed by atoms with van der Waals surface area (Å²) in [4.78, 5) is 10.8. The Morgan fingerprint density at radius 3 is 2.83 bits per heavy atom. The average Bonchev–Trinajstić information content (AvgIpc) is 2.94. The fourth-order valence-corrected chi connectivity index (χ4v) is 3.78. The molecule has 2 aromatic heterocycles. The molecular weight excluding hydrogens is 302 g/mol. The van der Waals surface area contributed by atoms with Crippen LogP contribution in [0.1, 0.15) is 24.0 Å². The second kappa shape index (κ2) is 7.38. The monoisotopic (exact) mass is 325 g/mol. The smallest absolute Gasteiger partial charge is 0.0995 e. The van der Waals surface area contributed by atoms with Crippen LogP contribution >= 0.6 is 0 Å². The Morgan fingerprint density at radius 2 is 2.00 bits per heavy atom. The number of rotatable bonds is 5. The highest BCUT2D eigenvalue weighted by atomic mass is 16.5. The summed E-state index contributed by atoms with van der Waals surface area (Å²) in [7, 11) is 0. The van der Waals surface area contributed by atoms with Gasteiger partial charge in [0.1, 0.15) is 0 Å². The molecule has 2 bridgehead atoms. The standard InChI is InChI=1S/C19H23N3O2/c1-2-16(12-21-7-1)13-22-10-11-23-18-4-3-17(22)19(18)24-14-15-5-8-20-9-6-15/h1-2,5-9,12,17-19H,3-4,10-11,13-14H2. The summed E-state index contributed by atoms with van der Waals surface area (Å²) < 4.78 is 12.4. The minimum atomic E-state index is 0.136. The first kappa shape index (κ1) is 15.7. The molecule has 3 atom stereocenters. The highest BCUT2D eigenvalue weighted by Gasteiger charge is 2.42. The van der Waals surface area contributed by atoms with Crippen molar-refractivity contribution in [1.82, 2.24) is 14.9 Å². The second-order valence-electron chi connectivity index (χ2n) is 6.52. The van der Waals surface area contributed by atoms with Crippen LogP contribution in [0.2, 0.25) is 0 Å². The van der Waals surface area contributed by atoms with E-state index in [2.05, 4.69) is 20.9 Å². The highest BCUT2D eigenvalue weighted by molar-refractivity contribution is 5.10. The van der Waals surface area contributed by atoms with Gasteiger partial charge in [-0.2, -0.15) is 0 Å². The highest BCUT2D eigenvalue weighted by Crippen LogP contribution is 2.33. The van der Waals surface area contributed by atoms with Crippen molar-refractivity contribution in [3.05, 3.63) is 60.2 Å². The molecule has 4 rings (SSSR count). The number of fused-ring (bicyclic) bond motifs is 2. The lowest BCUT2D eigenvalue weighted by Crippen LogP contribution is -2.42. The summed E-state index contributed by atoms with van der Waals surface area (Å²) in [5.41, 5.74) is 2.41. The maximum Gasteiger partial charge on any atom is 0.0995 e. The van der Waals surface area contributed by atoms with Crippen LogP contribution < -0.4 is 0 Å². The van der Waals surface area contributed by atoms with Crippen molar-refractivity contribution in [3.63, 3.8) is 0 Å². The lowest BCUT2D eigenvalue weighted by atomic mass is 10.1. The molecule has 2 fully saturated rings. The minimum absolute atomic E-state index is 0.136. The van der Waals surface area contributed by atoms with E-state index in [9.17, 15) is 0 Å². The molecule has 1 saturated heterocycles. The Labute approximate surface area is 142 Å². The lowest BCUT2D eigenvalue weighted by Gasteiger charge is -2.31. The molecule has 5 nitrogen and oxygen atoms in total. The maximum absolute atomic E-state index is 6.29. The Bertz CT molecular complexity index is 638. The second-order valence-corrected chi connectivity index (χ2v) is 6.52. The Morgan fingerprint density at radius 1 is 1.08 bits per heavy atom. The van der Waals surface area contributed by atoms with Crippen LogP contribution in [0.5, 0.6) is 0 Å². The molecule has 2 aliphatic rings. The number of aromatic nitrogens is 2. The third-order valence-electron chi connectivity index (χ3n) is 4.97. The van der Waals surface area contributed by atoms with Gasteiger partial charge in [-0.05, 0) is 42.2 Å². The van der Waals surface area contributed by atoms with E-state index in [1.807, 2.05) is 43.0 Å². The van der Waals surface area contributed by atoms with Gasteiger partial charge in [-0.3, -0.25) is 14.9 Å². The summed E-state index contributed by atoms with van der Waals surface area (Å²) in [6.45, 7) is 3.25. The van der Waals surface area contributed by atoms with E-state index in [0.717, 1.165) is 38.1 Å². The molecule has 0 aromatic carbocycles. The molecule has 126 valence electrons. The van der Waals surface area contributed by atoms with E-state index < -0.39 is 0 Å². The summed E-state index contributed by atoms with van der Waals surface area (Å²) in [5, 5.41) is 0. The predicted molar refractivity (Wildman–Crippen MR) is 90.2 cm³/mol. The number of hydrogen-bond acceptors (Lipinski definition) is 5. The van der Waals surface area contributed by atoms with Gasteiger partial charge in [-0.15, -0.1) is 0 Å². The summed E-state index contributed by atoms with van der Waals surface area (Å²) >= 11 is 0. The molecule has 24 heavy (non-hydrogen) atoms. The van der Waals surface area contributed by atoms with Crippen molar-refractivity contribution in [3.8, 4) is 0 Å². The van der Waals surface area contributed by atoms with Gasteiger partial charge in [-0.1, -0.05) is 6.07 Å². The van der Waals surface area contributed by atoms with Gasteiger partial charge in [0, 0.05) is 43.9 Å². The number of nitrogens with zero attached hydrogens (tertiary/aromatic N) is 3. The van der Waals surface area contributed by atoms with Gasteiger partial charge >= 0.3 is 0 Å². The zero-order valence-electron chi connectivity index (χ0n) is 13.8. The average molecular weight is 325 g/mol. The zero-order valence-corrected chi connectivity index (χ0v) is 13.8. The van der Waals surface area contributed by atoms with E-state index in [4.69, 9.17) is 9.47 Å². The van der Waals surface area contributed by atoms with Gasteiger partial charge in [-0.25, -0.2) is 0 Å². The largest absolute Gasteiger partial charge is 0.374 e. The van der Waals surface area contributed by atoms with Crippen LogP contribution in [0.3, 0.4) is 0 Å². The Balaban J connectivity index is 1.45. The molecule has 1 aliphatic carbocycles. The first-order valence-electron chi connectivity index (χ1n) is 8.65. The minimum Gasteiger partial charge on any atom is -0.374 e. The molecule has 0 amide bonds. The molecule has 0 radical (unpaired) electrons. The third-order valence-corrected chi connectivity index (χ3v) is 4.97. The van der Waals surface area contributed by atoms with Gasteiger partial charge in [0.05, 0.1) is 25.4 Å². The molecule has 0 spiro atoms. The van der Waals surface area contributed by atoms with Gasteiger partial charge in [0.2, 0.25) is 0 Å². The zero-order chi connectivity index (χ0) is 16.2. The lowest BCUT2D eigenvalue weighted by molar-refractivity contribution is -0.0614. The van der Waals surface area contributed by atoms with Crippen molar-refractivity contribution < 1.29 is 9.47 Å². The molecule has 2 aromatic rings. The first-order chi connectivity index (χ1) is 11.9. The Hall–Kier alpha value is -1.82. The number of ether oxygens (including phenoxy) is 2. The van der Waals surface area contributed by atoms with E-state index in [0.29, 0.717) is 12.6 Å². The SMILES string of the molecule is c1cncc(CN2CCOC3CCC2C3OCc2ccncc2)c1. The van der Waals surface area contributed by atoms with Crippen molar-refractivity contribution in [1.29, 1.82) is 0 Å². The van der Waals surface area contributed by atoms with E-state index in [1.165, 1.54) is 5.56 Å². The predicted octanol–water partition coefficient (Wildman–Crippen LogP) is 2.43. The third kappa shape index (κ3) is 3.48. The Kier molecular flexibility index (Phi) is 4.83. The molecule has 5 heteroatoms. The van der Waals surface area contributed by atoms with Gasteiger partial charge < -0.3 is 9.47 Å². The maximum atomic E-state index is 6.29. The molecule has 3 unspecified atom stereocenters. The van der Waals surface area contributed by atoms with Crippen molar-refractivity contribution in [2.24, 2.45) is 0 Å². The molecule has 0 N–H and O–H groups in total. The fraction of sp³-hybridized carbons (Fsp3) is 0.474. The van der Waals surface area contributed by atoms with Crippen molar-refractivity contribution in [2.45, 2.75) is 44.2 Å². The van der Waals surface area contributed by atoms with Crippen LogP contribution in [0.25, 0.3) is 0 Å². The summed E-state index contributed by atoms with van der Waals surface area (Å²) in [5.74, 6) is 0. The summed E-state index contributed by atoms with van der Waals surface area (Å²) in [6.07, 6.45) is 9.96. The van der Waals surface area contributed by atoms with E-state index in [1.54, 1.807) is 0 Å². The first-order valence-corrected chi connectivity index (χ1v) is 8.65. The van der Waals surface area contributed by atoms with Gasteiger partial charge in [0.15, 0.2) is 0 Å². The molecule has 1 saturated carbocycles. The summed E-state index contributed by atoms with van der Waals surface area (Å²) in [6, 6.07) is 8.57. The van der Waals surface area contributed by atoms with Crippen LogP contribution in [-0.4, -0.2) is 46.3 Å². The molecule has 1 aliphatic heterocycles.